The predicted molar refractivity (Wildman–Crippen MR) is 134 cm³/mol. The molecule has 0 bridgehead atoms. The maximum Gasteiger partial charge on any atom is 0.305 e. The SMILES string of the molecule is COC(=O)CCCC=C1C[C@H]2C[C@@H](OC(C)=O)[C@H](C=CC(CCCCCOC(C)=O)OC(C)=O)[C@@H]2C1. The summed E-state index contributed by atoms with van der Waals surface area (Å²) in [5, 5.41) is 0. The molecular formula is C28H42O8. The maximum atomic E-state index is 11.7. The third-order valence-corrected chi connectivity index (χ3v) is 6.95. The van der Waals surface area contributed by atoms with Crippen LogP contribution in [0, 0.1) is 17.8 Å². The van der Waals surface area contributed by atoms with Crippen molar-refractivity contribution < 1.29 is 38.1 Å². The van der Waals surface area contributed by atoms with Crippen LogP contribution in [0.4, 0.5) is 0 Å². The zero-order valence-electron chi connectivity index (χ0n) is 22.2. The third-order valence-electron chi connectivity index (χ3n) is 6.95. The lowest BCUT2D eigenvalue weighted by molar-refractivity contribution is -0.147. The van der Waals surface area contributed by atoms with Gasteiger partial charge in [0.15, 0.2) is 0 Å². The molecule has 2 aliphatic carbocycles. The molecule has 2 aliphatic rings. The molecule has 2 fully saturated rings. The molecule has 2 saturated carbocycles. The lowest BCUT2D eigenvalue weighted by Gasteiger charge is -2.22. The molecule has 8 nitrogen and oxygen atoms in total. The quantitative estimate of drug-likeness (QED) is 0.143. The topological polar surface area (TPSA) is 105 Å². The van der Waals surface area contributed by atoms with Gasteiger partial charge in [0.25, 0.3) is 0 Å². The average Bonchev–Trinajstić information content (AvgIpc) is 3.33. The second-order valence-electron chi connectivity index (χ2n) is 9.85. The highest BCUT2D eigenvalue weighted by molar-refractivity contribution is 5.69. The lowest BCUT2D eigenvalue weighted by Crippen LogP contribution is -2.23. The summed E-state index contributed by atoms with van der Waals surface area (Å²) in [6, 6.07) is 0. The van der Waals surface area contributed by atoms with Crippen LogP contribution in [0.1, 0.15) is 85.0 Å². The van der Waals surface area contributed by atoms with Crippen LogP contribution in [0.15, 0.2) is 23.8 Å². The average molecular weight is 507 g/mol. The third kappa shape index (κ3) is 10.5. The highest BCUT2D eigenvalue weighted by Crippen LogP contribution is 2.51. The molecular weight excluding hydrogens is 464 g/mol. The number of hydrogen-bond donors (Lipinski definition) is 0. The number of esters is 4. The van der Waals surface area contributed by atoms with Crippen molar-refractivity contribution in [1.29, 1.82) is 0 Å². The molecule has 0 aromatic heterocycles. The molecule has 1 unspecified atom stereocenters. The Balaban J connectivity index is 1.98. The summed E-state index contributed by atoms with van der Waals surface area (Å²) in [6.45, 7) is 4.64. The number of fused-ring (bicyclic) bond motifs is 1. The number of unbranched alkanes of at least 4 members (excludes halogenated alkanes) is 3. The van der Waals surface area contributed by atoms with Crippen molar-refractivity contribution in [2.24, 2.45) is 17.8 Å². The fourth-order valence-corrected chi connectivity index (χ4v) is 5.41. The molecule has 5 atom stereocenters. The van der Waals surface area contributed by atoms with Crippen molar-refractivity contribution >= 4 is 23.9 Å². The Morgan fingerprint density at radius 3 is 2.42 bits per heavy atom. The largest absolute Gasteiger partial charge is 0.469 e. The molecule has 2 rings (SSSR count). The van der Waals surface area contributed by atoms with E-state index in [2.05, 4.69) is 12.2 Å². The highest BCUT2D eigenvalue weighted by Gasteiger charge is 2.47. The summed E-state index contributed by atoms with van der Waals surface area (Å²) in [4.78, 5) is 45.6. The smallest absolute Gasteiger partial charge is 0.305 e. The van der Waals surface area contributed by atoms with Crippen LogP contribution in [-0.2, 0) is 38.1 Å². The van der Waals surface area contributed by atoms with Gasteiger partial charge in [-0.2, -0.15) is 0 Å². The summed E-state index contributed by atoms with van der Waals surface area (Å²) in [7, 11) is 1.41. The Morgan fingerprint density at radius 1 is 0.972 bits per heavy atom. The van der Waals surface area contributed by atoms with Gasteiger partial charge in [-0.05, 0) is 75.7 Å². The lowest BCUT2D eigenvalue weighted by atomic mass is 9.90. The molecule has 0 aliphatic heterocycles. The van der Waals surface area contributed by atoms with E-state index in [1.165, 1.54) is 33.5 Å². The zero-order chi connectivity index (χ0) is 26.5. The van der Waals surface area contributed by atoms with Gasteiger partial charge in [0.05, 0.1) is 13.7 Å². The fraction of sp³-hybridized carbons (Fsp3) is 0.714. The Bertz CT molecular complexity index is 814. The summed E-state index contributed by atoms with van der Waals surface area (Å²) in [5.74, 6) is -0.174. The van der Waals surface area contributed by atoms with E-state index in [-0.39, 0.29) is 42.0 Å². The Morgan fingerprint density at radius 2 is 1.75 bits per heavy atom. The standard InChI is InChI=1S/C28H42O8/c1-19(29)34-15-9-5-6-11-24(35-20(2)30)13-14-25-26-17-22(10-7-8-12-28(32)33-4)16-23(26)18-27(25)36-21(3)31/h10,13-14,23-27H,5-9,11-12,15-18H2,1-4H3/t23-,24?,25+,26+,27+/m0/s1. The predicted octanol–water partition coefficient (Wildman–Crippen LogP) is 4.85. The van der Waals surface area contributed by atoms with Crippen LogP contribution in [0.2, 0.25) is 0 Å². The first-order valence-corrected chi connectivity index (χ1v) is 13.1. The van der Waals surface area contributed by atoms with Gasteiger partial charge < -0.3 is 18.9 Å². The van der Waals surface area contributed by atoms with Crippen molar-refractivity contribution in [2.45, 2.75) is 97.2 Å². The first-order valence-electron chi connectivity index (χ1n) is 13.1. The van der Waals surface area contributed by atoms with Crippen LogP contribution >= 0.6 is 0 Å². The molecule has 8 heteroatoms. The number of allylic oxidation sites excluding steroid dienone is 2. The number of carbonyl (C=O) groups is 4. The van der Waals surface area contributed by atoms with Gasteiger partial charge in [0.1, 0.15) is 12.2 Å². The van der Waals surface area contributed by atoms with Gasteiger partial charge in [-0.1, -0.05) is 17.7 Å². The van der Waals surface area contributed by atoms with Crippen molar-refractivity contribution in [2.75, 3.05) is 13.7 Å². The first kappa shape index (κ1) is 29.6. The Labute approximate surface area is 214 Å². The number of ether oxygens (including phenoxy) is 4. The van der Waals surface area contributed by atoms with Crippen molar-refractivity contribution in [3.8, 4) is 0 Å². The summed E-state index contributed by atoms with van der Waals surface area (Å²) in [6.07, 6.45) is 13.7. The van der Waals surface area contributed by atoms with E-state index in [1.807, 2.05) is 6.08 Å². The van der Waals surface area contributed by atoms with E-state index >= 15 is 0 Å². The van der Waals surface area contributed by atoms with E-state index < -0.39 is 0 Å². The second-order valence-corrected chi connectivity index (χ2v) is 9.85. The monoisotopic (exact) mass is 506 g/mol. The first-order chi connectivity index (χ1) is 17.2. The van der Waals surface area contributed by atoms with Gasteiger partial charge in [-0.15, -0.1) is 0 Å². The van der Waals surface area contributed by atoms with Crippen molar-refractivity contribution in [3.05, 3.63) is 23.8 Å². The van der Waals surface area contributed by atoms with Crippen molar-refractivity contribution in [3.63, 3.8) is 0 Å². The van der Waals surface area contributed by atoms with Crippen LogP contribution < -0.4 is 0 Å². The molecule has 0 radical (unpaired) electrons. The number of methoxy groups -OCH3 is 1. The van der Waals surface area contributed by atoms with Gasteiger partial charge in [-0.25, -0.2) is 0 Å². The summed E-state index contributed by atoms with van der Waals surface area (Å²) in [5.41, 5.74) is 1.40. The maximum absolute atomic E-state index is 11.7. The number of carbonyl (C=O) groups excluding carboxylic acids is 4. The summed E-state index contributed by atoms with van der Waals surface area (Å²) >= 11 is 0. The van der Waals surface area contributed by atoms with E-state index in [0.717, 1.165) is 51.4 Å². The number of hydrogen-bond acceptors (Lipinski definition) is 8. The highest BCUT2D eigenvalue weighted by atomic mass is 16.5. The van der Waals surface area contributed by atoms with Crippen LogP contribution in [-0.4, -0.2) is 49.8 Å². The molecule has 202 valence electrons. The molecule has 0 amide bonds. The van der Waals surface area contributed by atoms with E-state index in [1.54, 1.807) is 0 Å². The zero-order valence-corrected chi connectivity index (χ0v) is 22.2. The minimum atomic E-state index is -0.344. The van der Waals surface area contributed by atoms with Crippen LogP contribution in [0.25, 0.3) is 0 Å². The Hall–Kier alpha value is -2.64. The molecule has 0 saturated heterocycles. The molecule has 0 aromatic carbocycles. The molecule has 0 N–H and O–H groups in total. The fourth-order valence-electron chi connectivity index (χ4n) is 5.41. The van der Waals surface area contributed by atoms with Gasteiger partial charge in [0, 0.05) is 33.1 Å². The van der Waals surface area contributed by atoms with E-state index in [9.17, 15) is 19.2 Å². The van der Waals surface area contributed by atoms with E-state index in [0.29, 0.717) is 31.3 Å². The van der Waals surface area contributed by atoms with Crippen molar-refractivity contribution in [1.82, 2.24) is 0 Å². The molecule has 0 heterocycles. The molecule has 0 aromatic rings. The molecule has 36 heavy (non-hydrogen) atoms. The van der Waals surface area contributed by atoms with Gasteiger partial charge in [-0.3, -0.25) is 19.2 Å². The number of rotatable bonds is 14. The Kier molecular flexibility index (Phi) is 12.7. The van der Waals surface area contributed by atoms with E-state index in [4.69, 9.17) is 18.9 Å². The minimum absolute atomic E-state index is 0.0712. The second kappa shape index (κ2) is 15.5. The minimum Gasteiger partial charge on any atom is -0.469 e. The van der Waals surface area contributed by atoms with Gasteiger partial charge in [0.2, 0.25) is 0 Å². The van der Waals surface area contributed by atoms with Crippen LogP contribution in [0.5, 0.6) is 0 Å². The summed E-state index contributed by atoms with van der Waals surface area (Å²) < 4.78 is 20.9. The molecule has 0 spiro atoms. The van der Waals surface area contributed by atoms with Crippen LogP contribution in [0.3, 0.4) is 0 Å². The van der Waals surface area contributed by atoms with Gasteiger partial charge >= 0.3 is 23.9 Å². The normalized spacial score (nSPS) is 24.9.